The van der Waals surface area contributed by atoms with Gasteiger partial charge in [0.2, 0.25) is 6.79 Å². The number of rotatable bonds is 1. The van der Waals surface area contributed by atoms with E-state index < -0.39 is 0 Å². The Balaban J connectivity index is 2.16. The lowest BCUT2D eigenvalue weighted by molar-refractivity contribution is 0.173. The van der Waals surface area contributed by atoms with Crippen molar-refractivity contribution in [1.29, 1.82) is 0 Å². The predicted molar refractivity (Wildman–Crippen MR) is 62.0 cm³/mol. The molecule has 3 nitrogen and oxygen atoms in total. The fraction of sp³-hybridized carbons (Fsp3) is 0.500. The van der Waals surface area contributed by atoms with Crippen LogP contribution in [0.15, 0.2) is 6.07 Å². The molecule has 4 heteroatoms. The highest BCUT2D eigenvalue weighted by atomic mass is 35.5. The Kier molecular flexibility index (Phi) is 2.10. The zero-order chi connectivity index (χ0) is 11.3. The lowest BCUT2D eigenvalue weighted by Crippen LogP contribution is -2.43. The van der Waals surface area contributed by atoms with Crippen LogP contribution in [0.2, 0.25) is 5.02 Å². The van der Waals surface area contributed by atoms with E-state index in [1.807, 2.05) is 13.0 Å². The Morgan fingerprint density at radius 3 is 2.75 bits per heavy atom. The molecule has 1 aromatic carbocycles. The zero-order valence-electron chi connectivity index (χ0n) is 9.18. The van der Waals surface area contributed by atoms with E-state index in [1.54, 1.807) is 0 Å². The van der Waals surface area contributed by atoms with Crippen LogP contribution < -0.4 is 15.2 Å². The van der Waals surface area contributed by atoms with Crippen LogP contribution >= 0.6 is 11.6 Å². The molecule has 0 saturated heterocycles. The maximum Gasteiger partial charge on any atom is 0.231 e. The van der Waals surface area contributed by atoms with Crippen LogP contribution in [0.25, 0.3) is 0 Å². The van der Waals surface area contributed by atoms with Gasteiger partial charge in [0.15, 0.2) is 11.5 Å². The van der Waals surface area contributed by atoms with E-state index >= 15 is 0 Å². The molecule has 1 aliphatic carbocycles. The number of hydrogen-bond acceptors (Lipinski definition) is 3. The van der Waals surface area contributed by atoms with E-state index in [0.29, 0.717) is 10.8 Å². The summed E-state index contributed by atoms with van der Waals surface area (Å²) in [7, 11) is 0. The molecular weight excluding hydrogens is 226 g/mol. The molecule has 2 N–H and O–H groups in total. The highest BCUT2D eigenvalue weighted by Crippen LogP contribution is 2.48. The summed E-state index contributed by atoms with van der Waals surface area (Å²) in [4.78, 5) is 0. The molecule has 0 bridgehead atoms. The lowest BCUT2D eigenvalue weighted by atomic mass is 9.71. The summed E-state index contributed by atoms with van der Waals surface area (Å²) in [5.41, 5.74) is 8.25. The second-order valence-electron chi connectivity index (χ2n) is 4.61. The lowest BCUT2D eigenvalue weighted by Gasteiger charge is -2.39. The molecule has 1 aromatic rings. The maximum atomic E-state index is 6.33. The van der Waals surface area contributed by atoms with Gasteiger partial charge >= 0.3 is 0 Å². The fourth-order valence-corrected chi connectivity index (χ4v) is 2.69. The summed E-state index contributed by atoms with van der Waals surface area (Å²) in [6.45, 7) is 2.24. The van der Waals surface area contributed by atoms with Crippen molar-refractivity contribution in [3.05, 3.63) is 22.2 Å². The van der Waals surface area contributed by atoms with Gasteiger partial charge in [-0.2, -0.15) is 0 Å². The molecule has 1 aliphatic heterocycles. The van der Waals surface area contributed by atoms with Crippen LogP contribution in [0.3, 0.4) is 0 Å². The molecule has 2 aliphatic rings. The van der Waals surface area contributed by atoms with Crippen molar-refractivity contribution >= 4 is 11.6 Å². The van der Waals surface area contributed by atoms with E-state index in [1.165, 1.54) is 6.42 Å². The smallest absolute Gasteiger partial charge is 0.231 e. The van der Waals surface area contributed by atoms with Crippen molar-refractivity contribution in [2.24, 2.45) is 5.73 Å². The highest BCUT2D eigenvalue weighted by molar-refractivity contribution is 6.33. The van der Waals surface area contributed by atoms with Crippen LogP contribution in [0, 0.1) is 6.92 Å². The molecule has 0 spiro atoms. The van der Waals surface area contributed by atoms with Crippen molar-refractivity contribution in [3.63, 3.8) is 0 Å². The van der Waals surface area contributed by atoms with Crippen molar-refractivity contribution in [2.75, 3.05) is 6.79 Å². The summed E-state index contributed by atoms with van der Waals surface area (Å²) in [6, 6.07) is 1.99. The minimum atomic E-state index is -0.214. The average Bonchev–Trinajstić information content (AvgIpc) is 2.68. The Morgan fingerprint density at radius 1 is 1.38 bits per heavy atom. The maximum absolute atomic E-state index is 6.33. The topological polar surface area (TPSA) is 44.5 Å². The van der Waals surface area contributed by atoms with Gasteiger partial charge in [0.1, 0.15) is 0 Å². The van der Waals surface area contributed by atoms with Crippen LogP contribution in [0.5, 0.6) is 11.5 Å². The van der Waals surface area contributed by atoms with Crippen molar-refractivity contribution in [2.45, 2.75) is 31.7 Å². The first kappa shape index (κ1) is 10.2. The van der Waals surface area contributed by atoms with Gasteiger partial charge in [-0.3, -0.25) is 0 Å². The normalized spacial score (nSPS) is 20.7. The number of halogens is 1. The molecule has 1 heterocycles. The minimum Gasteiger partial charge on any atom is -0.454 e. The molecule has 1 saturated carbocycles. The van der Waals surface area contributed by atoms with Gasteiger partial charge in [-0.25, -0.2) is 0 Å². The monoisotopic (exact) mass is 239 g/mol. The molecule has 1 fully saturated rings. The van der Waals surface area contributed by atoms with Crippen LogP contribution in [0.1, 0.15) is 30.4 Å². The molecule has 0 atom stereocenters. The second-order valence-corrected chi connectivity index (χ2v) is 4.98. The van der Waals surface area contributed by atoms with Gasteiger partial charge in [-0.05, 0) is 43.4 Å². The third-order valence-corrected chi connectivity index (χ3v) is 4.09. The van der Waals surface area contributed by atoms with Crippen LogP contribution in [0.4, 0.5) is 0 Å². The summed E-state index contributed by atoms with van der Waals surface area (Å²) in [5.74, 6) is 1.38. The third-order valence-electron chi connectivity index (χ3n) is 3.63. The first-order valence-electron chi connectivity index (χ1n) is 5.50. The van der Waals surface area contributed by atoms with Crippen molar-refractivity contribution in [1.82, 2.24) is 0 Å². The summed E-state index contributed by atoms with van der Waals surface area (Å²) < 4.78 is 10.7. The molecule has 3 rings (SSSR count). The van der Waals surface area contributed by atoms with E-state index in [-0.39, 0.29) is 12.3 Å². The number of benzene rings is 1. The molecule has 86 valence electrons. The van der Waals surface area contributed by atoms with Gasteiger partial charge in [-0.15, -0.1) is 0 Å². The van der Waals surface area contributed by atoms with Crippen molar-refractivity contribution < 1.29 is 9.47 Å². The van der Waals surface area contributed by atoms with E-state index in [0.717, 1.165) is 29.7 Å². The first-order valence-corrected chi connectivity index (χ1v) is 5.88. The third kappa shape index (κ3) is 1.25. The molecular formula is C12H14ClNO2. The van der Waals surface area contributed by atoms with Gasteiger partial charge in [-0.1, -0.05) is 11.6 Å². The van der Waals surface area contributed by atoms with Crippen LogP contribution in [-0.2, 0) is 5.54 Å². The molecule has 0 aromatic heterocycles. The Labute approximate surface area is 99.5 Å². The molecule has 0 amide bonds. The molecule has 0 unspecified atom stereocenters. The fourth-order valence-electron chi connectivity index (χ4n) is 2.44. The number of fused-ring (bicyclic) bond motifs is 1. The first-order chi connectivity index (χ1) is 7.62. The van der Waals surface area contributed by atoms with E-state index in [9.17, 15) is 0 Å². The van der Waals surface area contributed by atoms with Gasteiger partial charge < -0.3 is 15.2 Å². The quantitative estimate of drug-likeness (QED) is 0.820. The Morgan fingerprint density at radius 2 is 2.12 bits per heavy atom. The average molecular weight is 240 g/mol. The number of ether oxygens (including phenoxy) is 2. The minimum absolute atomic E-state index is 0.214. The standard InChI is InChI=1S/C12H14ClNO2/c1-7-8(12(14)3-2-4-12)5-9-11(10(7)13)16-6-15-9/h5H,2-4,6,14H2,1H3. The number of hydrogen-bond donors (Lipinski definition) is 1. The molecule has 0 radical (unpaired) electrons. The Bertz CT molecular complexity index is 455. The van der Waals surface area contributed by atoms with Crippen LogP contribution in [-0.4, -0.2) is 6.79 Å². The zero-order valence-corrected chi connectivity index (χ0v) is 9.93. The van der Waals surface area contributed by atoms with E-state index in [4.69, 9.17) is 26.8 Å². The highest BCUT2D eigenvalue weighted by Gasteiger charge is 2.37. The van der Waals surface area contributed by atoms with Gasteiger partial charge in [0, 0.05) is 5.54 Å². The van der Waals surface area contributed by atoms with Gasteiger partial charge in [0.25, 0.3) is 0 Å². The summed E-state index contributed by atoms with van der Waals surface area (Å²) >= 11 is 6.27. The Hall–Kier alpha value is -0.930. The predicted octanol–water partition coefficient (Wildman–Crippen LogP) is 2.72. The largest absolute Gasteiger partial charge is 0.454 e. The van der Waals surface area contributed by atoms with E-state index in [2.05, 4.69) is 0 Å². The SMILES string of the molecule is Cc1c(C2(N)CCC2)cc2c(c1Cl)OCO2. The summed E-state index contributed by atoms with van der Waals surface area (Å²) in [6.07, 6.45) is 3.22. The second kappa shape index (κ2) is 3.28. The molecule has 16 heavy (non-hydrogen) atoms. The summed E-state index contributed by atoms with van der Waals surface area (Å²) in [5, 5.41) is 0.640. The van der Waals surface area contributed by atoms with Crippen molar-refractivity contribution in [3.8, 4) is 11.5 Å². The number of nitrogens with two attached hydrogens (primary N) is 1. The van der Waals surface area contributed by atoms with Gasteiger partial charge in [0.05, 0.1) is 5.02 Å².